The summed E-state index contributed by atoms with van der Waals surface area (Å²) in [5.74, 6) is -0.350. The van der Waals surface area contributed by atoms with Gasteiger partial charge in [-0.25, -0.2) is 0 Å². The Morgan fingerprint density at radius 3 is 2.68 bits per heavy atom. The van der Waals surface area contributed by atoms with Gasteiger partial charge in [0.25, 0.3) is 0 Å². The zero-order valence-corrected chi connectivity index (χ0v) is 11.5. The van der Waals surface area contributed by atoms with Crippen molar-refractivity contribution in [2.45, 2.75) is 19.9 Å². The minimum absolute atomic E-state index is 0.350. The van der Waals surface area contributed by atoms with Crippen molar-refractivity contribution in [3.8, 4) is 0 Å². The van der Waals surface area contributed by atoms with Gasteiger partial charge in [-0.3, -0.25) is 4.79 Å². The number of hydrogen-bond donors (Lipinski definition) is 2. The molecule has 1 saturated heterocycles. The Labute approximate surface area is 113 Å². The molecule has 1 fully saturated rings. The van der Waals surface area contributed by atoms with Crippen molar-refractivity contribution < 1.29 is 9.53 Å². The minimum atomic E-state index is -0.368. The first-order valence-corrected chi connectivity index (χ1v) is 6.57. The molecule has 19 heavy (non-hydrogen) atoms. The summed E-state index contributed by atoms with van der Waals surface area (Å²) >= 11 is 0. The van der Waals surface area contributed by atoms with Crippen LogP contribution in [0.25, 0.3) is 0 Å². The first-order chi connectivity index (χ1) is 9.08. The Hall–Kier alpha value is -1.75. The SMILES string of the molecule is Cc1cc(N2CCOCC2)ccc1NC(C)C(N)=O. The molecule has 1 unspecified atom stereocenters. The summed E-state index contributed by atoms with van der Waals surface area (Å²) in [7, 11) is 0. The van der Waals surface area contributed by atoms with Crippen molar-refractivity contribution in [3.63, 3.8) is 0 Å². The molecule has 0 aromatic heterocycles. The van der Waals surface area contributed by atoms with Crippen LogP contribution in [-0.4, -0.2) is 38.3 Å². The van der Waals surface area contributed by atoms with Gasteiger partial charge in [0.15, 0.2) is 0 Å². The number of nitrogens with one attached hydrogen (secondary N) is 1. The smallest absolute Gasteiger partial charge is 0.239 e. The highest BCUT2D eigenvalue weighted by molar-refractivity contribution is 5.82. The van der Waals surface area contributed by atoms with E-state index in [1.807, 2.05) is 13.0 Å². The van der Waals surface area contributed by atoms with Gasteiger partial charge < -0.3 is 20.7 Å². The van der Waals surface area contributed by atoms with Crippen LogP contribution in [0, 0.1) is 6.92 Å². The van der Waals surface area contributed by atoms with Gasteiger partial charge in [0, 0.05) is 24.5 Å². The monoisotopic (exact) mass is 263 g/mol. The molecule has 5 heteroatoms. The lowest BCUT2D eigenvalue weighted by molar-refractivity contribution is -0.118. The number of aryl methyl sites for hydroxylation is 1. The summed E-state index contributed by atoms with van der Waals surface area (Å²) in [6.07, 6.45) is 0. The van der Waals surface area contributed by atoms with Crippen molar-refractivity contribution >= 4 is 17.3 Å². The van der Waals surface area contributed by atoms with Crippen molar-refractivity contribution in [1.82, 2.24) is 0 Å². The van der Waals surface area contributed by atoms with Gasteiger partial charge >= 0.3 is 0 Å². The lowest BCUT2D eigenvalue weighted by atomic mass is 10.1. The molecule has 1 aliphatic heterocycles. The Balaban J connectivity index is 2.10. The molecule has 1 atom stereocenters. The summed E-state index contributed by atoms with van der Waals surface area (Å²) in [6.45, 7) is 7.18. The number of carbonyl (C=O) groups is 1. The number of hydrogen-bond acceptors (Lipinski definition) is 4. The summed E-state index contributed by atoms with van der Waals surface area (Å²) in [4.78, 5) is 13.4. The van der Waals surface area contributed by atoms with Crippen molar-refractivity contribution in [1.29, 1.82) is 0 Å². The molecular weight excluding hydrogens is 242 g/mol. The molecule has 0 bridgehead atoms. The fourth-order valence-corrected chi connectivity index (χ4v) is 2.13. The second-order valence-corrected chi connectivity index (χ2v) is 4.87. The maximum absolute atomic E-state index is 11.1. The van der Waals surface area contributed by atoms with Gasteiger partial charge in [-0.2, -0.15) is 0 Å². The normalized spacial score (nSPS) is 17.1. The van der Waals surface area contributed by atoms with Gasteiger partial charge in [-0.15, -0.1) is 0 Å². The molecule has 0 saturated carbocycles. The number of ether oxygens (including phenoxy) is 1. The molecule has 5 nitrogen and oxygen atoms in total. The Bertz CT molecular complexity index is 456. The van der Waals surface area contributed by atoms with Crippen LogP contribution in [0.2, 0.25) is 0 Å². The second-order valence-electron chi connectivity index (χ2n) is 4.87. The van der Waals surface area contributed by atoms with E-state index in [0.717, 1.165) is 37.6 Å². The Kier molecular flexibility index (Phi) is 4.27. The molecule has 1 aromatic carbocycles. The van der Waals surface area contributed by atoms with Crippen molar-refractivity contribution in [3.05, 3.63) is 23.8 Å². The van der Waals surface area contributed by atoms with E-state index < -0.39 is 0 Å². The van der Waals surface area contributed by atoms with Gasteiger partial charge in [0.1, 0.15) is 6.04 Å². The first kappa shape index (κ1) is 13.7. The third kappa shape index (κ3) is 3.38. The average Bonchev–Trinajstić information content (AvgIpc) is 2.41. The Morgan fingerprint density at radius 2 is 2.11 bits per heavy atom. The van der Waals surface area contributed by atoms with E-state index in [9.17, 15) is 4.79 Å². The third-order valence-electron chi connectivity index (χ3n) is 3.39. The molecule has 1 aromatic rings. The van der Waals surface area contributed by atoms with E-state index in [4.69, 9.17) is 10.5 Å². The highest BCUT2D eigenvalue weighted by Gasteiger charge is 2.13. The summed E-state index contributed by atoms with van der Waals surface area (Å²) in [5.41, 5.74) is 8.51. The van der Waals surface area contributed by atoms with Crippen LogP contribution in [0.5, 0.6) is 0 Å². The third-order valence-corrected chi connectivity index (χ3v) is 3.39. The zero-order chi connectivity index (χ0) is 13.8. The fourth-order valence-electron chi connectivity index (χ4n) is 2.13. The minimum Gasteiger partial charge on any atom is -0.378 e. The molecule has 0 spiro atoms. The van der Waals surface area contributed by atoms with E-state index in [1.165, 1.54) is 5.69 Å². The van der Waals surface area contributed by atoms with Gasteiger partial charge in [-0.1, -0.05) is 0 Å². The topological polar surface area (TPSA) is 67.6 Å². The van der Waals surface area contributed by atoms with E-state index in [0.29, 0.717) is 0 Å². The van der Waals surface area contributed by atoms with Crippen LogP contribution >= 0.6 is 0 Å². The molecular formula is C14H21N3O2. The van der Waals surface area contributed by atoms with Crippen LogP contribution in [0.4, 0.5) is 11.4 Å². The van der Waals surface area contributed by atoms with Crippen LogP contribution in [0.15, 0.2) is 18.2 Å². The van der Waals surface area contributed by atoms with E-state index in [2.05, 4.69) is 22.3 Å². The standard InChI is InChI=1S/C14H21N3O2/c1-10-9-12(17-5-7-19-8-6-17)3-4-13(10)16-11(2)14(15)18/h3-4,9,11,16H,5-8H2,1-2H3,(H2,15,18). The van der Waals surface area contributed by atoms with Crippen LogP contribution in [0.3, 0.4) is 0 Å². The molecule has 1 aliphatic rings. The summed E-state index contributed by atoms with van der Waals surface area (Å²) in [5, 5.41) is 3.12. The maximum atomic E-state index is 11.1. The number of anilines is 2. The number of primary amides is 1. The predicted octanol–water partition coefficient (Wildman–Crippen LogP) is 1.12. The number of morpholine rings is 1. The molecule has 3 N–H and O–H groups in total. The number of nitrogens with zero attached hydrogens (tertiary/aromatic N) is 1. The van der Waals surface area contributed by atoms with Gasteiger partial charge in [0.05, 0.1) is 13.2 Å². The van der Waals surface area contributed by atoms with E-state index in [1.54, 1.807) is 6.92 Å². The molecule has 1 amide bonds. The van der Waals surface area contributed by atoms with Crippen LogP contribution in [0.1, 0.15) is 12.5 Å². The van der Waals surface area contributed by atoms with Crippen molar-refractivity contribution in [2.24, 2.45) is 5.73 Å². The zero-order valence-electron chi connectivity index (χ0n) is 11.5. The van der Waals surface area contributed by atoms with Crippen LogP contribution < -0.4 is 16.0 Å². The summed E-state index contributed by atoms with van der Waals surface area (Å²) in [6, 6.07) is 5.82. The number of benzene rings is 1. The number of carbonyl (C=O) groups excluding carboxylic acids is 1. The number of nitrogens with two attached hydrogens (primary N) is 1. The summed E-state index contributed by atoms with van der Waals surface area (Å²) < 4.78 is 5.35. The molecule has 104 valence electrons. The first-order valence-electron chi connectivity index (χ1n) is 6.57. The predicted molar refractivity (Wildman–Crippen MR) is 76.5 cm³/mol. The number of rotatable bonds is 4. The largest absolute Gasteiger partial charge is 0.378 e. The Morgan fingerprint density at radius 1 is 1.42 bits per heavy atom. The lowest BCUT2D eigenvalue weighted by Crippen LogP contribution is -2.36. The van der Waals surface area contributed by atoms with E-state index in [-0.39, 0.29) is 11.9 Å². The molecule has 0 aliphatic carbocycles. The molecule has 0 radical (unpaired) electrons. The highest BCUT2D eigenvalue weighted by atomic mass is 16.5. The molecule has 2 rings (SSSR count). The number of amides is 1. The lowest BCUT2D eigenvalue weighted by Gasteiger charge is -2.29. The van der Waals surface area contributed by atoms with Gasteiger partial charge in [-0.05, 0) is 37.6 Å². The van der Waals surface area contributed by atoms with Gasteiger partial charge in [0.2, 0.25) is 5.91 Å². The molecule has 1 heterocycles. The maximum Gasteiger partial charge on any atom is 0.239 e. The van der Waals surface area contributed by atoms with Crippen LogP contribution in [-0.2, 0) is 9.53 Å². The van der Waals surface area contributed by atoms with Crippen molar-refractivity contribution in [2.75, 3.05) is 36.5 Å². The second kappa shape index (κ2) is 5.93. The quantitative estimate of drug-likeness (QED) is 0.854. The average molecular weight is 263 g/mol. The fraction of sp³-hybridized carbons (Fsp3) is 0.500. The van der Waals surface area contributed by atoms with E-state index >= 15 is 0 Å². The highest BCUT2D eigenvalue weighted by Crippen LogP contribution is 2.23.